The van der Waals surface area contributed by atoms with Gasteiger partial charge in [0.1, 0.15) is 53.9 Å². The third-order valence-corrected chi connectivity index (χ3v) is 9.12. The van der Waals surface area contributed by atoms with Gasteiger partial charge in [0, 0.05) is 43.7 Å². The van der Waals surface area contributed by atoms with Gasteiger partial charge in [-0.25, -0.2) is 22.8 Å². The maximum absolute atomic E-state index is 15.8. The van der Waals surface area contributed by atoms with E-state index in [4.69, 9.17) is 10.00 Å². The first-order chi connectivity index (χ1) is 21.5. The van der Waals surface area contributed by atoms with Crippen LogP contribution in [0.3, 0.4) is 0 Å². The molecule has 1 aromatic heterocycles. The summed E-state index contributed by atoms with van der Waals surface area (Å²) in [5.41, 5.74) is -2.88. The number of amides is 2. The number of halogens is 3. The third-order valence-electron chi connectivity index (χ3n) is 7.78. The van der Waals surface area contributed by atoms with E-state index in [1.165, 1.54) is 4.90 Å². The lowest BCUT2D eigenvalue weighted by Crippen LogP contribution is -2.70. The molecule has 1 unspecified atom stereocenters. The molecule has 17 heteroatoms. The number of alkyl halides is 1. The number of carbonyl (C=O) groups is 4. The van der Waals surface area contributed by atoms with Crippen LogP contribution in [-0.4, -0.2) is 107 Å². The SMILES string of the molecule is CN1CCN(c2c(F)cc3c(=O)c(C(=O)OCC4=C(C(=O)O)N5C(=O)C(NC(=O)CC#N)[C@H]5SC4)cn(CCF)c3c2F)CC1. The number of carbonyl (C=O) groups excluding carboxylic acids is 3. The number of hydrogen-bond donors (Lipinski definition) is 2. The molecule has 0 aliphatic carbocycles. The summed E-state index contributed by atoms with van der Waals surface area (Å²) < 4.78 is 50.9. The van der Waals surface area contributed by atoms with Gasteiger partial charge in [0.15, 0.2) is 5.82 Å². The molecule has 0 radical (unpaired) electrons. The topological polar surface area (TPSA) is 165 Å². The molecule has 4 heterocycles. The first-order valence-corrected chi connectivity index (χ1v) is 14.8. The normalized spacial score (nSPS) is 20.0. The van der Waals surface area contributed by atoms with Crippen LogP contribution in [-0.2, 0) is 25.7 Å². The fraction of sp³-hybridized carbons (Fsp3) is 0.429. The summed E-state index contributed by atoms with van der Waals surface area (Å²) in [5.74, 6) is -6.29. The molecule has 5 rings (SSSR count). The lowest BCUT2D eigenvalue weighted by Gasteiger charge is -2.49. The van der Waals surface area contributed by atoms with Gasteiger partial charge in [0.2, 0.25) is 11.3 Å². The number of hydrogen-bond acceptors (Lipinski definition) is 10. The maximum atomic E-state index is 15.8. The lowest BCUT2D eigenvalue weighted by atomic mass is 10.0. The number of likely N-dealkylation sites (N-methyl/N-ethyl adjacent to an activating group) is 1. The molecule has 2 atom stereocenters. The summed E-state index contributed by atoms with van der Waals surface area (Å²) in [6.45, 7) is -0.381. The fourth-order valence-electron chi connectivity index (χ4n) is 5.53. The van der Waals surface area contributed by atoms with Crippen molar-refractivity contribution in [1.82, 2.24) is 19.7 Å². The largest absolute Gasteiger partial charge is 0.477 e. The minimum atomic E-state index is -1.50. The van der Waals surface area contributed by atoms with Crippen molar-refractivity contribution in [2.45, 2.75) is 24.4 Å². The van der Waals surface area contributed by atoms with E-state index in [-0.39, 0.29) is 22.5 Å². The van der Waals surface area contributed by atoms with E-state index < -0.39 is 95.1 Å². The Morgan fingerprint density at radius 1 is 1.20 bits per heavy atom. The van der Waals surface area contributed by atoms with E-state index in [0.29, 0.717) is 26.2 Å². The number of nitriles is 1. The molecule has 0 saturated carbocycles. The van der Waals surface area contributed by atoms with E-state index in [1.54, 1.807) is 6.07 Å². The Morgan fingerprint density at radius 2 is 1.91 bits per heavy atom. The van der Waals surface area contributed by atoms with Crippen molar-refractivity contribution in [2.75, 3.05) is 57.2 Å². The van der Waals surface area contributed by atoms with Crippen molar-refractivity contribution in [2.24, 2.45) is 0 Å². The van der Waals surface area contributed by atoms with E-state index >= 15 is 8.78 Å². The number of pyridine rings is 1. The zero-order chi connectivity index (χ0) is 32.6. The number of β-lactam (4-membered cyclic amide) rings is 1. The number of rotatable bonds is 9. The van der Waals surface area contributed by atoms with Crippen molar-refractivity contribution < 1.29 is 42.2 Å². The Hall–Kier alpha value is -4.56. The predicted octanol–water partition coefficient (Wildman–Crippen LogP) is 0.810. The third kappa shape index (κ3) is 5.82. The zero-order valence-corrected chi connectivity index (χ0v) is 24.7. The van der Waals surface area contributed by atoms with Gasteiger partial charge >= 0.3 is 11.9 Å². The van der Waals surface area contributed by atoms with Crippen LogP contribution >= 0.6 is 11.8 Å². The maximum Gasteiger partial charge on any atom is 0.352 e. The number of aromatic nitrogens is 1. The number of fused-ring (bicyclic) bond motifs is 2. The Balaban J connectivity index is 1.42. The highest BCUT2D eigenvalue weighted by Crippen LogP contribution is 2.40. The molecule has 0 bridgehead atoms. The van der Waals surface area contributed by atoms with Gasteiger partial charge in [-0.1, -0.05) is 0 Å². The number of aryl methyl sites for hydroxylation is 1. The van der Waals surface area contributed by atoms with Crippen LogP contribution < -0.4 is 15.6 Å². The van der Waals surface area contributed by atoms with Gasteiger partial charge in [0.05, 0.1) is 23.5 Å². The molecule has 1 aromatic carbocycles. The number of carboxylic acids is 1. The molecule has 3 aliphatic rings. The summed E-state index contributed by atoms with van der Waals surface area (Å²) in [6, 6.07) is 1.42. The summed E-state index contributed by atoms with van der Waals surface area (Å²) >= 11 is 1.09. The molecular weight excluding hydrogens is 621 g/mol. The van der Waals surface area contributed by atoms with Gasteiger partial charge in [-0.2, -0.15) is 5.26 Å². The molecular formula is C28H27F3N6O7S. The highest BCUT2D eigenvalue weighted by molar-refractivity contribution is 8.00. The zero-order valence-electron chi connectivity index (χ0n) is 23.8. The van der Waals surface area contributed by atoms with Crippen molar-refractivity contribution in [3.63, 3.8) is 0 Å². The predicted molar refractivity (Wildman–Crippen MR) is 154 cm³/mol. The lowest BCUT2D eigenvalue weighted by molar-refractivity contribution is -0.150. The minimum absolute atomic E-state index is 0.0195. The summed E-state index contributed by atoms with van der Waals surface area (Å²) in [7, 11) is 1.87. The average molecular weight is 649 g/mol. The number of esters is 1. The van der Waals surface area contributed by atoms with Crippen molar-refractivity contribution in [1.29, 1.82) is 5.26 Å². The molecule has 13 nitrogen and oxygen atoms in total. The number of piperazine rings is 1. The summed E-state index contributed by atoms with van der Waals surface area (Å²) in [4.78, 5) is 67.4. The molecule has 2 saturated heterocycles. The number of carboxylic acid groups (broad SMARTS) is 1. The number of thioether (sulfide) groups is 1. The van der Waals surface area contributed by atoms with Gasteiger partial charge in [-0.3, -0.25) is 19.3 Å². The number of anilines is 1. The van der Waals surface area contributed by atoms with Crippen molar-refractivity contribution in [3.05, 3.63) is 51.0 Å². The Bertz CT molecular complexity index is 1730. The Morgan fingerprint density at radius 3 is 2.56 bits per heavy atom. The molecule has 45 heavy (non-hydrogen) atoms. The highest BCUT2D eigenvalue weighted by atomic mass is 32.2. The van der Waals surface area contributed by atoms with Crippen molar-refractivity contribution >= 4 is 52.1 Å². The van der Waals surface area contributed by atoms with Gasteiger partial charge in [-0.05, 0) is 13.1 Å². The van der Waals surface area contributed by atoms with Crippen LogP contribution in [0.15, 0.2) is 28.3 Å². The number of ether oxygens (including phenoxy) is 1. The van der Waals surface area contributed by atoms with Gasteiger partial charge in [-0.15, -0.1) is 11.8 Å². The molecule has 2 amide bonds. The van der Waals surface area contributed by atoms with Crippen LogP contribution in [0.2, 0.25) is 0 Å². The first kappa shape index (κ1) is 31.9. The molecule has 0 spiro atoms. The number of nitrogens with zero attached hydrogens (tertiary/aromatic N) is 5. The fourth-order valence-corrected chi connectivity index (χ4v) is 6.86. The van der Waals surface area contributed by atoms with Crippen LogP contribution in [0.1, 0.15) is 16.8 Å². The smallest absolute Gasteiger partial charge is 0.352 e. The molecule has 2 fully saturated rings. The van der Waals surface area contributed by atoms with Crippen molar-refractivity contribution in [3.8, 4) is 6.07 Å². The second kappa shape index (κ2) is 12.8. The summed E-state index contributed by atoms with van der Waals surface area (Å²) in [5, 5.41) is 19.6. The monoisotopic (exact) mass is 648 g/mol. The van der Waals surface area contributed by atoms with E-state index in [1.807, 2.05) is 11.9 Å². The first-order valence-electron chi connectivity index (χ1n) is 13.8. The quantitative estimate of drug-likeness (QED) is 0.292. The minimum Gasteiger partial charge on any atom is -0.477 e. The highest BCUT2D eigenvalue weighted by Gasteiger charge is 2.54. The molecule has 2 aromatic rings. The second-order valence-electron chi connectivity index (χ2n) is 10.6. The van der Waals surface area contributed by atoms with Gasteiger partial charge < -0.3 is 29.5 Å². The number of nitrogens with one attached hydrogen (secondary N) is 1. The molecule has 2 N–H and O–H groups in total. The van der Waals surface area contributed by atoms with E-state index in [9.17, 15) is 33.5 Å². The van der Waals surface area contributed by atoms with Crippen LogP contribution in [0, 0.1) is 23.0 Å². The van der Waals surface area contributed by atoms with Crippen LogP contribution in [0.25, 0.3) is 10.9 Å². The van der Waals surface area contributed by atoms with E-state index in [0.717, 1.165) is 33.5 Å². The average Bonchev–Trinajstić information content (AvgIpc) is 3.00. The summed E-state index contributed by atoms with van der Waals surface area (Å²) in [6.07, 6.45) is 0.440. The molecule has 238 valence electrons. The number of benzene rings is 1. The number of aliphatic carboxylic acids is 1. The van der Waals surface area contributed by atoms with Gasteiger partial charge in [0.25, 0.3) is 5.91 Å². The Kier molecular flexibility index (Phi) is 9.07. The van der Waals surface area contributed by atoms with Crippen LogP contribution in [0.5, 0.6) is 0 Å². The Labute approximate surface area is 257 Å². The molecule has 3 aliphatic heterocycles. The van der Waals surface area contributed by atoms with E-state index in [2.05, 4.69) is 5.32 Å². The second-order valence-corrected chi connectivity index (χ2v) is 11.7. The van der Waals surface area contributed by atoms with Crippen LogP contribution in [0.4, 0.5) is 18.9 Å². The standard InChI is InChI=1S/C28H27F3N6O7S/c1-34-6-8-35(9-7-34)23-17(30)10-15-22(19(23)31)36(5-3-29)11-16(24(15)39)28(43)44-12-14-13-45-26-20(33-18(38)2-4-32)25(40)37(26)21(14)27(41)42/h10-11,20,26H,2-3,5-9,12-13H2,1H3,(H,33,38)(H,41,42)/t20?,26-/m1/s1.